The summed E-state index contributed by atoms with van der Waals surface area (Å²) in [6.07, 6.45) is 3.58. The van der Waals surface area contributed by atoms with Crippen LogP contribution in [0.4, 0.5) is 5.69 Å². The summed E-state index contributed by atoms with van der Waals surface area (Å²) in [5.74, 6) is 0.900. The van der Waals surface area contributed by atoms with Crippen molar-refractivity contribution in [1.29, 1.82) is 0 Å². The number of hydrazine groups is 1. The van der Waals surface area contributed by atoms with Gasteiger partial charge >= 0.3 is 0 Å². The fraction of sp³-hybridized carbons (Fsp3) is 0.600. The van der Waals surface area contributed by atoms with Crippen LogP contribution in [-0.4, -0.2) is 48.7 Å². The molecule has 7 heteroatoms. The summed E-state index contributed by atoms with van der Waals surface area (Å²) in [5.41, 5.74) is 3.82. The van der Waals surface area contributed by atoms with Gasteiger partial charge in [0.25, 0.3) is 0 Å². The standard InChI is InChI=1S/C20H27N3O4/c1-13-4-3-5-14(2)23(13)21-20(25)15-10-19(24)22(12-15)16-6-7-17-18(11-16)27-9-8-26-17/h6-7,11,13-15H,3-5,8-10,12H2,1-2H3,(H,21,25)/t13-,14+,15-/m0/s1. The lowest BCUT2D eigenvalue weighted by atomic mass is 9.99. The first kappa shape index (κ1) is 18.1. The molecule has 2 saturated heterocycles. The molecule has 0 aliphatic carbocycles. The molecule has 3 aliphatic rings. The summed E-state index contributed by atoms with van der Waals surface area (Å²) in [7, 11) is 0. The molecule has 1 aromatic carbocycles. The maximum atomic E-state index is 12.8. The maximum Gasteiger partial charge on any atom is 0.239 e. The quantitative estimate of drug-likeness (QED) is 0.879. The largest absolute Gasteiger partial charge is 0.486 e. The lowest BCUT2D eigenvalue weighted by Crippen LogP contribution is -2.55. The molecular formula is C20H27N3O4. The molecule has 1 N–H and O–H groups in total. The van der Waals surface area contributed by atoms with Crippen molar-refractivity contribution < 1.29 is 19.1 Å². The smallest absolute Gasteiger partial charge is 0.239 e. The fourth-order valence-electron chi connectivity index (χ4n) is 4.19. The summed E-state index contributed by atoms with van der Waals surface area (Å²) >= 11 is 0. The first-order valence-electron chi connectivity index (χ1n) is 9.82. The molecule has 0 aromatic heterocycles. The Kier molecular flexibility index (Phi) is 4.95. The number of carbonyl (C=O) groups excluding carboxylic acids is 2. The summed E-state index contributed by atoms with van der Waals surface area (Å²) in [5, 5.41) is 2.06. The highest BCUT2D eigenvalue weighted by Gasteiger charge is 2.37. The summed E-state index contributed by atoms with van der Waals surface area (Å²) in [6.45, 7) is 5.70. The third-order valence-electron chi connectivity index (χ3n) is 5.77. The first-order chi connectivity index (χ1) is 13.0. The van der Waals surface area contributed by atoms with Gasteiger partial charge in [0.2, 0.25) is 11.8 Å². The van der Waals surface area contributed by atoms with Crippen molar-refractivity contribution in [2.24, 2.45) is 5.92 Å². The van der Waals surface area contributed by atoms with Crippen LogP contribution in [0.2, 0.25) is 0 Å². The minimum absolute atomic E-state index is 0.0356. The minimum Gasteiger partial charge on any atom is -0.486 e. The Bertz CT molecular complexity index is 728. The molecule has 0 bridgehead atoms. The highest BCUT2D eigenvalue weighted by Crippen LogP contribution is 2.36. The van der Waals surface area contributed by atoms with Crippen molar-refractivity contribution in [3.63, 3.8) is 0 Å². The third-order valence-corrected chi connectivity index (χ3v) is 5.77. The van der Waals surface area contributed by atoms with Crippen molar-refractivity contribution in [1.82, 2.24) is 10.4 Å². The number of rotatable bonds is 3. The predicted octanol–water partition coefficient (Wildman–Crippen LogP) is 2.10. The van der Waals surface area contributed by atoms with Gasteiger partial charge in [0, 0.05) is 36.8 Å². The minimum atomic E-state index is -0.341. The number of benzene rings is 1. The zero-order valence-electron chi connectivity index (χ0n) is 15.9. The molecule has 7 nitrogen and oxygen atoms in total. The third kappa shape index (κ3) is 3.60. The number of nitrogens with one attached hydrogen (secondary N) is 1. The van der Waals surface area contributed by atoms with Crippen molar-refractivity contribution >= 4 is 17.5 Å². The van der Waals surface area contributed by atoms with E-state index in [2.05, 4.69) is 24.3 Å². The molecule has 1 aromatic rings. The van der Waals surface area contributed by atoms with Crippen LogP contribution in [0, 0.1) is 5.92 Å². The SMILES string of the molecule is C[C@@H]1CCC[C@H](C)N1NC(=O)[C@H]1CC(=O)N(c2ccc3c(c2)OCCO3)C1. The van der Waals surface area contributed by atoms with Gasteiger partial charge in [-0.2, -0.15) is 0 Å². The molecule has 146 valence electrons. The molecule has 4 rings (SSSR count). The van der Waals surface area contributed by atoms with Crippen molar-refractivity contribution in [3.8, 4) is 11.5 Å². The topological polar surface area (TPSA) is 71.1 Å². The number of anilines is 1. The number of ether oxygens (including phenoxy) is 2. The van der Waals surface area contributed by atoms with Gasteiger partial charge in [-0.3, -0.25) is 15.0 Å². The van der Waals surface area contributed by atoms with Gasteiger partial charge in [0.1, 0.15) is 13.2 Å². The van der Waals surface area contributed by atoms with Crippen LogP contribution in [0.1, 0.15) is 39.5 Å². The van der Waals surface area contributed by atoms with E-state index in [1.165, 1.54) is 6.42 Å². The van der Waals surface area contributed by atoms with Crippen LogP contribution < -0.4 is 19.8 Å². The van der Waals surface area contributed by atoms with E-state index in [4.69, 9.17) is 9.47 Å². The highest BCUT2D eigenvalue weighted by atomic mass is 16.6. The molecule has 0 saturated carbocycles. The number of amides is 2. The number of hydrogen-bond acceptors (Lipinski definition) is 5. The van der Waals surface area contributed by atoms with Crippen molar-refractivity contribution in [2.45, 2.75) is 51.6 Å². The van der Waals surface area contributed by atoms with Gasteiger partial charge in [-0.15, -0.1) is 0 Å². The van der Waals surface area contributed by atoms with Crippen LogP contribution in [0.25, 0.3) is 0 Å². The van der Waals surface area contributed by atoms with Gasteiger partial charge in [-0.1, -0.05) is 6.42 Å². The zero-order valence-corrected chi connectivity index (χ0v) is 15.9. The van der Waals surface area contributed by atoms with E-state index in [1.54, 1.807) is 4.90 Å². The zero-order chi connectivity index (χ0) is 19.0. The van der Waals surface area contributed by atoms with Gasteiger partial charge in [0.05, 0.1) is 5.92 Å². The molecule has 3 atom stereocenters. The molecule has 3 heterocycles. The maximum absolute atomic E-state index is 12.8. The molecule has 0 radical (unpaired) electrons. The molecular weight excluding hydrogens is 346 g/mol. The normalized spacial score (nSPS) is 28.3. The molecule has 0 unspecified atom stereocenters. The molecule has 27 heavy (non-hydrogen) atoms. The molecule has 2 amide bonds. The van der Waals surface area contributed by atoms with Gasteiger partial charge in [0.15, 0.2) is 11.5 Å². The predicted molar refractivity (Wildman–Crippen MR) is 101 cm³/mol. The molecule has 0 spiro atoms. The second-order valence-electron chi connectivity index (χ2n) is 7.75. The average molecular weight is 373 g/mol. The molecule has 2 fully saturated rings. The van der Waals surface area contributed by atoms with Crippen LogP contribution in [0.5, 0.6) is 11.5 Å². The Hall–Kier alpha value is -2.28. The monoisotopic (exact) mass is 373 g/mol. The summed E-state index contributed by atoms with van der Waals surface area (Å²) in [6, 6.07) is 6.14. The van der Waals surface area contributed by atoms with E-state index in [0.717, 1.165) is 18.5 Å². The second kappa shape index (κ2) is 7.38. The van der Waals surface area contributed by atoms with Gasteiger partial charge in [-0.05, 0) is 38.8 Å². The molecule has 3 aliphatic heterocycles. The summed E-state index contributed by atoms with van der Waals surface area (Å²) < 4.78 is 11.1. The Labute approximate surface area is 159 Å². The number of nitrogens with zero attached hydrogens (tertiary/aromatic N) is 2. The van der Waals surface area contributed by atoms with E-state index in [9.17, 15) is 9.59 Å². The Balaban J connectivity index is 1.43. The van der Waals surface area contributed by atoms with Crippen molar-refractivity contribution in [2.75, 3.05) is 24.7 Å². The van der Waals surface area contributed by atoms with Crippen LogP contribution in [0.15, 0.2) is 18.2 Å². The van der Waals surface area contributed by atoms with Crippen LogP contribution >= 0.6 is 0 Å². The Morgan fingerprint density at radius 2 is 1.81 bits per heavy atom. The van der Waals surface area contributed by atoms with E-state index >= 15 is 0 Å². The van der Waals surface area contributed by atoms with Crippen LogP contribution in [-0.2, 0) is 9.59 Å². The second-order valence-corrected chi connectivity index (χ2v) is 7.75. The number of carbonyl (C=O) groups is 2. The van der Waals surface area contributed by atoms with Gasteiger partial charge in [-0.25, -0.2) is 5.01 Å². The lowest BCUT2D eigenvalue weighted by Gasteiger charge is -2.39. The van der Waals surface area contributed by atoms with Crippen LogP contribution in [0.3, 0.4) is 0 Å². The van der Waals surface area contributed by atoms with Gasteiger partial charge < -0.3 is 14.4 Å². The first-order valence-corrected chi connectivity index (χ1v) is 9.82. The lowest BCUT2D eigenvalue weighted by molar-refractivity contribution is -0.133. The summed E-state index contributed by atoms with van der Waals surface area (Å²) in [4.78, 5) is 27.0. The number of fused-ring (bicyclic) bond motifs is 1. The van der Waals surface area contributed by atoms with Crippen molar-refractivity contribution in [3.05, 3.63) is 18.2 Å². The van der Waals surface area contributed by atoms with E-state index in [1.807, 2.05) is 18.2 Å². The van der Waals surface area contributed by atoms with E-state index < -0.39 is 0 Å². The number of piperidine rings is 1. The van der Waals surface area contributed by atoms with E-state index in [-0.39, 0.29) is 24.2 Å². The highest BCUT2D eigenvalue weighted by molar-refractivity contribution is 6.00. The average Bonchev–Trinajstić information content (AvgIpc) is 3.06. The van der Waals surface area contributed by atoms with E-state index in [0.29, 0.717) is 43.3 Å². The Morgan fingerprint density at radius 3 is 2.56 bits per heavy atom. The Morgan fingerprint density at radius 1 is 1.11 bits per heavy atom. The number of hydrogen-bond donors (Lipinski definition) is 1. The fourth-order valence-corrected chi connectivity index (χ4v) is 4.19.